The van der Waals surface area contributed by atoms with Gasteiger partial charge in [0.25, 0.3) is 5.91 Å². The zero-order valence-electron chi connectivity index (χ0n) is 11.6. The first kappa shape index (κ1) is 18.1. The molecule has 0 bridgehead atoms. The highest BCUT2D eigenvalue weighted by Gasteiger charge is 2.34. The molecule has 4 nitrogen and oxygen atoms in total. The van der Waals surface area contributed by atoms with Crippen molar-refractivity contribution in [1.29, 1.82) is 0 Å². The van der Waals surface area contributed by atoms with E-state index in [-0.39, 0.29) is 12.0 Å². The number of ether oxygens (including phenoxy) is 1. The third-order valence-corrected chi connectivity index (χ3v) is 4.19. The predicted octanol–water partition coefficient (Wildman–Crippen LogP) is 3.53. The molecule has 1 saturated heterocycles. The van der Waals surface area contributed by atoms with E-state index in [4.69, 9.17) is 51.1 Å². The summed E-state index contributed by atoms with van der Waals surface area (Å²) in [5.41, 5.74) is 0.433. The van der Waals surface area contributed by atoms with Gasteiger partial charge in [-0.25, -0.2) is 0 Å². The summed E-state index contributed by atoms with van der Waals surface area (Å²) in [5.74, 6) is -0.354. The Morgan fingerprint density at radius 3 is 2.55 bits per heavy atom. The van der Waals surface area contributed by atoms with E-state index >= 15 is 0 Å². The summed E-state index contributed by atoms with van der Waals surface area (Å²) in [5, 5.41) is 6.25. The highest BCUT2D eigenvalue weighted by atomic mass is 35.6. The topological polar surface area (TPSA) is 50.4 Å². The first-order valence-electron chi connectivity index (χ1n) is 6.84. The van der Waals surface area contributed by atoms with Crippen LogP contribution in [0.5, 0.6) is 0 Å². The van der Waals surface area contributed by atoms with Crippen LogP contribution >= 0.6 is 46.4 Å². The monoisotopic (exact) mass is 384 g/mol. The van der Waals surface area contributed by atoms with Crippen LogP contribution in [0.4, 0.5) is 0 Å². The van der Waals surface area contributed by atoms with Gasteiger partial charge in [-0.2, -0.15) is 0 Å². The molecule has 2 rings (SSSR count). The Bertz CT molecular complexity index is 499. The van der Waals surface area contributed by atoms with Crippen LogP contribution in [-0.4, -0.2) is 35.1 Å². The zero-order valence-corrected chi connectivity index (χ0v) is 14.6. The fourth-order valence-electron chi connectivity index (χ4n) is 2.12. The van der Waals surface area contributed by atoms with Gasteiger partial charge in [0.15, 0.2) is 0 Å². The molecule has 0 aromatic heterocycles. The zero-order chi connectivity index (χ0) is 16.2. The van der Waals surface area contributed by atoms with Crippen molar-refractivity contribution in [3.8, 4) is 0 Å². The highest BCUT2D eigenvalue weighted by molar-refractivity contribution is 6.68. The molecule has 0 radical (unpaired) electrons. The summed E-state index contributed by atoms with van der Waals surface area (Å²) >= 11 is 23.6. The molecule has 1 aliphatic heterocycles. The normalized spacial score (nSPS) is 19.9. The van der Waals surface area contributed by atoms with Crippen LogP contribution in [0.1, 0.15) is 23.2 Å². The number of carbonyl (C=O) groups is 1. The lowest BCUT2D eigenvalue weighted by atomic mass is 10.2. The molecule has 22 heavy (non-hydrogen) atoms. The maximum absolute atomic E-state index is 12.2. The molecule has 1 aliphatic rings. The molecule has 1 heterocycles. The largest absolute Gasteiger partial charge is 0.377 e. The Balaban J connectivity index is 1.96. The number of hydrogen-bond acceptors (Lipinski definition) is 3. The molecular weight excluding hydrogens is 370 g/mol. The van der Waals surface area contributed by atoms with E-state index < -0.39 is 9.96 Å². The average Bonchev–Trinajstić information content (AvgIpc) is 2.96. The number of rotatable bonds is 5. The maximum atomic E-state index is 12.2. The van der Waals surface area contributed by atoms with Crippen LogP contribution in [0.2, 0.25) is 5.02 Å². The van der Waals surface area contributed by atoms with Crippen molar-refractivity contribution in [3.63, 3.8) is 0 Å². The molecule has 122 valence electrons. The van der Waals surface area contributed by atoms with Crippen LogP contribution in [0, 0.1) is 0 Å². The van der Waals surface area contributed by atoms with E-state index in [9.17, 15) is 4.79 Å². The van der Waals surface area contributed by atoms with Gasteiger partial charge in [0.05, 0.1) is 6.10 Å². The summed E-state index contributed by atoms with van der Waals surface area (Å²) in [6.07, 6.45) is 1.21. The standard InChI is InChI=1S/C14H16Cl4N2O2/c15-10-5-3-9(4-6-10)12(21)20-13(14(16,17)18)19-8-11-2-1-7-22-11/h3-6,11,13,19H,1-2,7-8H2,(H,20,21)/t11-,13-/m0/s1. The molecule has 1 amide bonds. The average molecular weight is 386 g/mol. The second kappa shape index (κ2) is 8.04. The predicted molar refractivity (Wildman–Crippen MR) is 90.0 cm³/mol. The van der Waals surface area contributed by atoms with E-state index in [1.807, 2.05) is 0 Å². The summed E-state index contributed by atoms with van der Waals surface area (Å²) in [7, 11) is 0. The van der Waals surface area contributed by atoms with E-state index in [0.717, 1.165) is 19.4 Å². The molecule has 2 N–H and O–H groups in total. The van der Waals surface area contributed by atoms with Gasteiger partial charge in [0.2, 0.25) is 3.79 Å². The van der Waals surface area contributed by atoms with E-state index in [1.165, 1.54) is 0 Å². The van der Waals surface area contributed by atoms with Gasteiger partial charge in [0.1, 0.15) is 6.17 Å². The van der Waals surface area contributed by atoms with E-state index in [1.54, 1.807) is 24.3 Å². The smallest absolute Gasteiger partial charge is 0.252 e. The van der Waals surface area contributed by atoms with Crippen LogP contribution < -0.4 is 10.6 Å². The second-order valence-electron chi connectivity index (χ2n) is 5.00. The summed E-state index contributed by atoms with van der Waals surface area (Å²) in [6.45, 7) is 1.24. The van der Waals surface area contributed by atoms with Gasteiger partial charge >= 0.3 is 0 Å². The van der Waals surface area contributed by atoms with Crippen molar-refractivity contribution < 1.29 is 9.53 Å². The Kier molecular flexibility index (Phi) is 6.62. The van der Waals surface area contributed by atoms with Gasteiger partial charge in [-0.05, 0) is 37.1 Å². The van der Waals surface area contributed by atoms with Crippen molar-refractivity contribution in [1.82, 2.24) is 10.6 Å². The number of carbonyl (C=O) groups excluding carboxylic acids is 1. The SMILES string of the molecule is O=C(N[C@H](NC[C@@H]1CCCO1)C(Cl)(Cl)Cl)c1ccc(Cl)cc1. The van der Waals surface area contributed by atoms with Crippen LogP contribution in [-0.2, 0) is 4.74 Å². The van der Waals surface area contributed by atoms with Crippen molar-refractivity contribution in [3.05, 3.63) is 34.9 Å². The quantitative estimate of drug-likeness (QED) is 0.602. The van der Waals surface area contributed by atoms with Gasteiger partial charge < -0.3 is 10.1 Å². The number of amides is 1. The fraction of sp³-hybridized carbons (Fsp3) is 0.500. The van der Waals surface area contributed by atoms with Gasteiger partial charge in [-0.1, -0.05) is 46.4 Å². The fourth-order valence-corrected chi connectivity index (χ4v) is 2.64. The molecule has 1 aromatic rings. The van der Waals surface area contributed by atoms with E-state index in [2.05, 4.69) is 10.6 Å². The van der Waals surface area contributed by atoms with E-state index in [0.29, 0.717) is 17.1 Å². The molecular formula is C14H16Cl4N2O2. The molecule has 1 aromatic carbocycles. The van der Waals surface area contributed by atoms with Crippen molar-refractivity contribution in [2.45, 2.75) is 28.9 Å². The first-order chi connectivity index (χ1) is 10.4. The maximum Gasteiger partial charge on any atom is 0.252 e. The molecule has 1 fully saturated rings. The molecule has 0 unspecified atom stereocenters. The minimum Gasteiger partial charge on any atom is -0.377 e. The lowest BCUT2D eigenvalue weighted by Crippen LogP contribution is -2.54. The van der Waals surface area contributed by atoms with Crippen molar-refractivity contribution in [2.24, 2.45) is 0 Å². The Morgan fingerprint density at radius 1 is 1.32 bits per heavy atom. The molecule has 0 spiro atoms. The number of benzene rings is 1. The molecule has 0 aliphatic carbocycles. The van der Waals surface area contributed by atoms with Crippen LogP contribution in [0.25, 0.3) is 0 Å². The minimum absolute atomic E-state index is 0.0716. The second-order valence-corrected chi connectivity index (χ2v) is 7.80. The highest BCUT2D eigenvalue weighted by Crippen LogP contribution is 2.29. The lowest BCUT2D eigenvalue weighted by Gasteiger charge is -2.27. The summed E-state index contributed by atoms with van der Waals surface area (Å²) in [6, 6.07) is 6.46. The Labute approximate surface area is 149 Å². The number of alkyl halides is 3. The molecule has 2 atom stereocenters. The third kappa shape index (κ3) is 5.44. The van der Waals surface area contributed by atoms with Crippen molar-refractivity contribution >= 4 is 52.3 Å². The van der Waals surface area contributed by atoms with Gasteiger partial charge in [-0.3, -0.25) is 10.1 Å². The first-order valence-corrected chi connectivity index (χ1v) is 8.35. The minimum atomic E-state index is -1.68. The summed E-state index contributed by atoms with van der Waals surface area (Å²) < 4.78 is 3.82. The molecule has 8 heteroatoms. The Morgan fingerprint density at radius 2 is 2.00 bits per heavy atom. The molecule has 0 saturated carbocycles. The van der Waals surface area contributed by atoms with Gasteiger partial charge in [0, 0.05) is 23.7 Å². The van der Waals surface area contributed by atoms with Crippen LogP contribution in [0.3, 0.4) is 0 Å². The Hall–Kier alpha value is -0.230. The number of hydrogen-bond donors (Lipinski definition) is 2. The summed E-state index contributed by atoms with van der Waals surface area (Å²) in [4.78, 5) is 12.2. The van der Waals surface area contributed by atoms with Crippen molar-refractivity contribution in [2.75, 3.05) is 13.2 Å². The third-order valence-electron chi connectivity index (χ3n) is 3.28. The number of nitrogens with one attached hydrogen (secondary N) is 2. The van der Waals surface area contributed by atoms with Crippen LogP contribution in [0.15, 0.2) is 24.3 Å². The number of halogens is 4. The van der Waals surface area contributed by atoms with Gasteiger partial charge in [-0.15, -0.1) is 0 Å². The lowest BCUT2D eigenvalue weighted by molar-refractivity contribution is 0.0897.